The summed E-state index contributed by atoms with van der Waals surface area (Å²) in [5, 5.41) is 3.88. The van der Waals surface area contributed by atoms with Gasteiger partial charge in [0, 0.05) is 37.6 Å². The maximum Gasteiger partial charge on any atom is 0.234 e. The molecule has 0 saturated carbocycles. The van der Waals surface area contributed by atoms with Crippen LogP contribution in [-0.2, 0) is 11.2 Å². The molecule has 5 nitrogen and oxygen atoms in total. The van der Waals surface area contributed by atoms with Gasteiger partial charge in [-0.2, -0.15) is 4.37 Å². The molecule has 24 heavy (non-hydrogen) atoms. The molecule has 2 heterocycles. The molecule has 1 fully saturated rings. The maximum absolute atomic E-state index is 11.2. The maximum atomic E-state index is 11.2. The summed E-state index contributed by atoms with van der Waals surface area (Å²) in [6, 6.07) is 10.3. The van der Waals surface area contributed by atoms with E-state index in [2.05, 4.69) is 31.7 Å². The number of carbonyl (C=O) groups excluding carboxylic acids is 1. The van der Waals surface area contributed by atoms with Gasteiger partial charge in [-0.25, -0.2) is 4.98 Å². The normalized spacial score (nSPS) is 15.5. The minimum atomic E-state index is -0.0891. The lowest BCUT2D eigenvalue weighted by Crippen LogP contribution is -2.39. The molecule has 2 aromatic rings. The van der Waals surface area contributed by atoms with Crippen LogP contribution in [0.3, 0.4) is 0 Å². The molecule has 1 N–H and O–H groups in total. The van der Waals surface area contributed by atoms with Crippen LogP contribution in [0.25, 0.3) is 0 Å². The Morgan fingerprint density at radius 2 is 2.04 bits per heavy atom. The van der Waals surface area contributed by atoms with Crippen molar-refractivity contribution in [1.82, 2.24) is 14.7 Å². The molecule has 0 radical (unpaired) electrons. The molecule has 1 aliphatic heterocycles. The fourth-order valence-electron chi connectivity index (χ4n) is 2.86. The highest BCUT2D eigenvalue weighted by atomic mass is 35.5. The zero-order chi connectivity index (χ0) is 16.8. The van der Waals surface area contributed by atoms with E-state index >= 15 is 0 Å². The van der Waals surface area contributed by atoms with Gasteiger partial charge in [0.25, 0.3) is 0 Å². The van der Waals surface area contributed by atoms with Crippen LogP contribution in [0.2, 0.25) is 0 Å². The second kappa shape index (κ2) is 8.44. The van der Waals surface area contributed by atoms with Crippen LogP contribution < -0.4 is 10.2 Å². The third-order valence-corrected chi connectivity index (χ3v) is 5.31. The van der Waals surface area contributed by atoms with E-state index in [9.17, 15) is 4.79 Å². The number of carbonyl (C=O) groups is 1. The second-order valence-corrected chi connectivity index (χ2v) is 7.02. The predicted octanol–water partition coefficient (Wildman–Crippen LogP) is 2.70. The minimum absolute atomic E-state index is 0.0355. The highest BCUT2D eigenvalue weighted by Gasteiger charge is 2.22. The van der Waals surface area contributed by atoms with Crippen molar-refractivity contribution < 1.29 is 4.79 Å². The van der Waals surface area contributed by atoms with Crippen molar-refractivity contribution in [3.63, 3.8) is 0 Å². The van der Waals surface area contributed by atoms with E-state index in [-0.39, 0.29) is 11.8 Å². The van der Waals surface area contributed by atoms with Crippen molar-refractivity contribution in [2.45, 2.75) is 19.3 Å². The first-order chi connectivity index (χ1) is 11.7. The van der Waals surface area contributed by atoms with Crippen LogP contribution in [0.15, 0.2) is 30.3 Å². The summed E-state index contributed by atoms with van der Waals surface area (Å²) >= 11 is 6.98. The van der Waals surface area contributed by atoms with Crippen LogP contribution in [0.4, 0.5) is 5.13 Å². The molecule has 1 saturated heterocycles. The summed E-state index contributed by atoms with van der Waals surface area (Å²) in [4.78, 5) is 18.2. The van der Waals surface area contributed by atoms with Crippen molar-refractivity contribution in [3.8, 4) is 0 Å². The Morgan fingerprint density at radius 1 is 1.29 bits per heavy atom. The quantitative estimate of drug-likeness (QED) is 0.801. The molecule has 0 unspecified atom stereocenters. The molecule has 0 bridgehead atoms. The standard InChI is InChI=1S/C17H21ClN4OS/c18-11-16(23)19-12-14-6-8-22(9-7-14)17-20-15(21-24-17)10-13-4-2-1-3-5-13/h1-5,14H,6-12H2,(H,19,23). The van der Waals surface area contributed by atoms with Crippen molar-refractivity contribution >= 4 is 34.2 Å². The van der Waals surface area contributed by atoms with Crippen LogP contribution >= 0.6 is 23.1 Å². The molecular weight excluding hydrogens is 344 g/mol. The Kier molecular flexibility index (Phi) is 6.04. The minimum Gasteiger partial charge on any atom is -0.355 e. The van der Waals surface area contributed by atoms with Crippen molar-refractivity contribution in [3.05, 3.63) is 41.7 Å². The topological polar surface area (TPSA) is 58.1 Å². The van der Waals surface area contributed by atoms with Gasteiger partial charge in [-0.05, 0) is 24.3 Å². The zero-order valence-electron chi connectivity index (χ0n) is 13.4. The lowest BCUT2D eigenvalue weighted by Gasteiger charge is -2.31. The van der Waals surface area contributed by atoms with Crippen LogP contribution in [0, 0.1) is 5.92 Å². The molecule has 7 heteroatoms. The molecule has 1 aliphatic rings. The fourth-order valence-corrected chi connectivity index (χ4v) is 3.69. The number of piperidine rings is 1. The van der Waals surface area contributed by atoms with Gasteiger partial charge in [-0.15, -0.1) is 11.6 Å². The number of benzene rings is 1. The molecule has 128 valence electrons. The van der Waals surface area contributed by atoms with Crippen LogP contribution in [0.1, 0.15) is 24.2 Å². The molecule has 0 atom stereocenters. The Morgan fingerprint density at radius 3 is 2.75 bits per heavy atom. The SMILES string of the molecule is O=C(CCl)NCC1CCN(c2nc(Cc3ccccc3)ns2)CC1. The van der Waals surface area contributed by atoms with Gasteiger partial charge in [0.2, 0.25) is 11.0 Å². The van der Waals surface area contributed by atoms with Gasteiger partial charge in [0.15, 0.2) is 0 Å². The predicted molar refractivity (Wildman–Crippen MR) is 97.8 cm³/mol. The average molecular weight is 365 g/mol. The summed E-state index contributed by atoms with van der Waals surface area (Å²) in [5.41, 5.74) is 1.23. The molecule has 0 aliphatic carbocycles. The van der Waals surface area contributed by atoms with Crippen molar-refractivity contribution in [2.75, 3.05) is 30.4 Å². The van der Waals surface area contributed by atoms with E-state index in [0.717, 1.165) is 49.9 Å². The zero-order valence-corrected chi connectivity index (χ0v) is 15.0. The number of nitrogens with zero attached hydrogens (tertiary/aromatic N) is 3. The van der Waals surface area contributed by atoms with Gasteiger partial charge in [0.1, 0.15) is 11.7 Å². The van der Waals surface area contributed by atoms with Crippen LogP contribution in [0.5, 0.6) is 0 Å². The summed E-state index contributed by atoms with van der Waals surface area (Å²) in [5.74, 6) is 1.35. The number of hydrogen-bond donors (Lipinski definition) is 1. The summed E-state index contributed by atoms with van der Waals surface area (Å²) in [7, 11) is 0. The second-order valence-electron chi connectivity index (χ2n) is 6.02. The number of anilines is 1. The number of hydrogen-bond acceptors (Lipinski definition) is 5. The van der Waals surface area contributed by atoms with Gasteiger partial charge >= 0.3 is 0 Å². The van der Waals surface area contributed by atoms with E-state index in [0.29, 0.717) is 5.92 Å². The number of rotatable bonds is 6. The van der Waals surface area contributed by atoms with Crippen molar-refractivity contribution in [2.24, 2.45) is 5.92 Å². The van der Waals surface area contributed by atoms with E-state index in [4.69, 9.17) is 11.6 Å². The molecule has 3 rings (SSSR count). The van der Waals surface area contributed by atoms with Gasteiger partial charge in [-0.1, -0.05) is 30.3 Å². The smallest absolute Gasteiger partial charge is 0.234 e. The lowest BCUT2D eigenvalue weighted by atomic mass is 9.97. The summed E-state index contributed by atoms with van der Waals surface area (Å²) in [6.45, 7) is 2.64. The van der Waals surface area contributed by atoms with Crippen LogP contribution in [-0.4, -0.2) is 40.8 Å². The van der Waals surface area contributed by atoms with E-state index < -0.39 is 0 Å². The summed E-state index contributed by atoms with van der Waals surface area (Å²) < 4.78 is 4.49. The van der Waals surface area contributed by atoms with E-state index in [1.807, 2.05) is 18.2 Å². The van der Waals surface area contributed by atoms with Gasteiger partial charge in [0.05, 0.1) is 0 Å². The van der Waals surface area contributed by atoms with Gasteiger partial charge in [-0.3, -0.25) is 4.79 Å². The number of amides is 1. The monoisotopic (exact) mass is 364 g/mol. The third kappa shape index (κ3) is 4.68. The Labute approximate surface area is 151 Å². The third-order valence-electron chi connectivity index (χ3n) is 4.26. The fraction of sp³-hybridized carbons (Fsp3) is 0.471. The summed E-state index contributed by atoms with van der Waals surface area (Å²) in [6.07, 6.45) is 2.88. The molecule has 0 spiro atoms. The molecule has 1 aromatic carbocycles. The van der Waals surface area contributed by atoms with E-state index in [1.54, 1.807) is 0 Å². The molecular formula is C17H21ClN4OS. The lowest BCUT2D eigenvalue weighted by molar-refractivity contribution is -0.118. The first kappa shape index (κ1) is 17.2. The van der Waals surface area contributed by atoms with Crippen molar-refractivity contribution in [1.29, 1.82) is 0 Å². The first-order valence-corrected chi connectivity index (χ1v) is 9.49. The Bertz CT molecular complexity index is 656. The van der Waals surface area contributed by atoms with E-state index in [1.165, 1.54) is 17.1 Å². The highest BCUT2D eigenvalue weighted by Crippen LogP contribution is 2.25. The average Bonchev–Trinajstić information content (AvgIpc) is 3.09. The highest BCUT2D eigenvalue weighted by molar-refractivity contribution is 7.09. The largest absolute Gasteiger partial charge is 0.355 e. The molecule has 1 amide bonds. The number of nitrogens with one attached hydrogen (secondary N) is 1. The number of alkyl halides is 1. The first-order valence-electron chi connectivity index (χ1n) is 8.18. The van der Waals surface area contributed by atoms with Gasteiger partial charge < -0.3 is 10.2 Å². The Hall–Kier alpha value is -1.66. The molecule has 1 aromatic heterocycles. The Balaban J connectivity index is 1.49. The number of aromatic nitrogens is 2. The number of halogens is 1.